The van der Waals surface area contributed by atoms with E-state index in [9.17, 15) is 29.8 Å². The number of amides is 1. The van der Waals surface area contributed by atoms with Gasteiger partial charge in [-0.05, 0) is 42.3 Å². The monoisotopic (exact) mass is 403 g/mol. The number of carbonyl (C=O) groups is 2. The van der Waals surface area contributed by atoms with Gasteiger partial charge in [0.15, 0.2) is 0 Å². The number of nitrogens with zero attached hydrogens (tertiary/aromatic N) is 2. The molecule has 0 saturated carbocycles. The highest BCUT2D eigenvalue weighted by molar-refractivity contribution is 5.80. The lowest BCUT2D eigenvalue weighted by Crippen LogP contribution is -2.39. The van der Waals surface area contributed by atoms with E-state index in [0.717, 1.165) is 0 Å². The lowest BCUT2D eigenvalue weighted by atomic mass is 10.2. The molecular formula is C18H17N3O8. The summed E-state index contributed by atoms with van der Waals surface area (Å²) in [6.07, 6.45) is -0.858. The highest BCUT2D eigenvalue weighted by Crippen LogP contribution is 2.13. The first kappa shape index (κ1) is 21.3. The molecule has 0 radical (unpaired) electrons. The van der Waals surface area contributed by atoms with Crippen LogP contribution in [0.3, 0.4) is 0 Å². The standard InChI is InChI=1S/C18H17N3O8/c1-12(17(22)28-10-13-2-6-15(7-3-13)20(24)25)19-18(23)29-11-14-4-8-16(9-5-14)21(26)27/h2-9,12H,10-11H2,1H3,(H,19,23). The fourth-order valence-electron chi connectivity index (χ4n) is 2.13. The molecule has 0 aliphatic heterocycles. The van der Waals surface area contributed by atoms with Crippen LogP contribution in [0.25, 0.3) is 0 Å². The predicted molar refractivity (Wildman–Crippen MR) is 98.8 cm³/mol. The molecule has 11 heteroatoms. The van der Waals surface area contributed by atoms with Crippen molar-refractivity contribution in [2.24, 2.45) is 0 Å². The Morgan fingerprint density at radius 3 is 1.69 bits per heavy atom. The molecule has 2 rings (SSSR count). The van der Waals surface area contributed by atoms with Crippen LogP contribution in [0.4, 0.5) is 16.2 Å². The van der Waals surface area contributed by atoms with E-state index in [-0.39, 0.29) is 24.6 Å². The molecule has 2 aromatic carbocycles. The summed E-state index contributed by atoms with van der Waals surface area (Å²) in [5.74, 6) is -0.712. The van der Waals surface area contributed by atoms with Crippen molar-refractivity contribution < 1.29 is 28.9 Å². The van der Waals surface area contributed by atoms with Crippen molar-refractivity contribution in [3.8, 4) is 0 Å². The fourth-order valence-corrected chi connectivity index (χ4v) is 2.13. The normalized spacial score (nSPS) is 11.2. The number of hydrogen-bond acceptors (Lipinski definition) is 8. The van der Waals surface area contributed by atoms with Crippen LogP contribution in [-0.4, -0.2) is 28.0 Å². The third kappa shape index (κ3) is 6.57. The second-order valence-electron chi connectivity index (χ2n) is 5.90. The molecule has 0 aliphatic carbocycles. The van der Waals surface area contributed by atoms with Gasteiger partial charge in [-0.1, -0.05) is 0 Å². The zero-order valence-corrected chi connectivity index (χ0v) is 15.3. The average molecular weight is 403 g/mol. The quantitative estimate of drug-likeness (QED) is 0.401. The van der Waals surface area contributed by atoms with Crippen molar-refractivity contribution in [1.29, 1.82) is 0 Å². The molecule has 0 aromatic heterocycles. The number of nitrogens with one attached hydrogen (secondary N) is 1. The second kappa shape index (κ2) is 9.78. The van der Waals surface area contributed by atoms with E-state index in [1.807, 2.05) is 0 Å². The Morgan fingerprint density at radius 2 is 1.28 bits per heavy atom. The van der Waals surface area contributed by atoms with Gasteiger partial charge < -0.3 is 14.8 Å². The fraction of sp³-hybridized carbons (Fsp3) is 0.222. The van der Waals surface area contributed by atoms with Gasteiger partial charge in [0.25, 0.3) is 11.4 Å². The maximum absolute atomic E-state index is 11.9. The van der Waals surface area contributed by atoms with Crippen molar-refractivity contribution in [1.82, 2.24) is 5.32 Å². The molecule has 2 aromatic rings. The summed E-state index contributed by atoms with van der Waals surface area (Å²) in [5, 5.41) is 23.5. The molecule has 0 heterocycles. The van der Waals surface area contributed by atoms with Gasteiger partial charge in [0.1, 0.15) is 19.3 Å². The SMILES string of the molecule is CC(NC(=O)OCc1ccc([N+](=O)[O-])cc1)C(=O)OCc1ccc([N+](=O)[O-])cc1. The van der Waals surface area contributed by atoms with E-state index >= 15 is 0 Å². The van der Waals surface area contributed by atoms with E-state index < -0.39 is 28.0 Å². The van der Waals surface area contributed by atoms with Crippen LogP contribution in [-0.2, 0) is 27.5 Å². The number of nitro groups is 2. The Labute approximate surface area is 164 Å². The number of rotatable bonds is 8. The zero-order valence-electron chi connectivity index (χ0n) is 15.3. The number of alkyl carbamates (subject to hydrolysis) is 1. The topological polar surface area (TPSA) is 151 Å². The maximum Gasteiger partial charge on any atom is 0.408 e. The van der Waals surface area contributed by atoms with Gasteiger partial charge in [0, 0.05) is 24.3 Å². The summed E-state index contributed by atoms with van der Waals surface area (Å²) >= 11 is 0. The van der Waals surface area contributed by atoms with Crippen LogP contribution in [0, 0.1) is 20.2 Å². The Bertz CT molecular complexity index is 896. The molecule has 1 amide bonds. The predicted octanol–water partition coefficient (Wildman–Crippen LogP) is 2.86. The summed E-state index contributed by atoms with van der Waals surface area (Å²) in [6, 6.07) is 9.99. The maximum atomic E-state index is 11.9. The third-order valence-corrected chi connectivity index (χ3v) is 3.73. The second-order valence-corrected chi connectivity index (χ2v) is 5.90. The van der Waals surface area contributed by atoms with Crippen molar-refractivity contribution >= 4 is 23.4 Å². The van der Waals surface area contributed by atoms with E-state index in [2.05, 4.69) is 5.32 Å². The van der Waals surface area contributed by atoms with Crippen LogP contribution in [0.15, 0.2) is 48.5 Å². The Morgan fingerprint density at radius 1 is 0.862 bits per heavy atom. The number of benzene rings is 2. The minimum Gasteiger partial charge on any atom is -0.459 e. The van der Waals surface area contributed by atoms with Crippen LogP contribution >= 0.6 is 0 Å². The van der Waals surface area contributed by atoms with Gasteiger partial charge in [-0.3, -0.25) is 20.2 Å². The number of ether oxygens (including phenoxy) is 2. The van der Waals surface area contributed by atoms with E-state index in [4.69, 9.17) is 9.47 Å². The van der Waals surface area contributed by atoms with Crippen molar-refractivity contribution in [3.63, 3.8) is 0 Å². The van der Waals surface area contributed by atoms with Crippen LogP contribution in [0.5, 0.6) is 0 Å². The summed E-state index contributed by atoms with van der Waals surface area (Å²) in [7, 11) is 0. The highest BCUT2D eigenvalue weighted by atomic mass is 16.6. The Balaban J connectivity index is 1.75. The molecular weight excluding hydrogens is 386 g/mol. The van der Waals surface area contributed by atoms with E-state index in [1.165, 1.54) is 55.5 Å². The van der Waals surface area contributed by atoms with E-state index in [0.29, 0.717) is 11.1 Å². The third-order valence-electron chi connectivity index (χ3n) is 3.73. The number of non-ortho nitro benzene ring substituents is 2. The van der Waals surface area contributed by atoms with Gasteiger partial charge in [-0.25, -0.2) is 9.59 Å². The first-order valence-electron chi connectivity index (χ1n) is 8.33. The van der Waals surface area contributed by atoms with Crippen LogP contribution < -0.4 is 5.32 Å². The van der Waals surface area contributed by atoms with Gasteiger partial charge in [0.2, 0.25) is 0 Å². The molecule has 1 N–H and O–H groups in total. The van der Waals surface area contributed by atoms with Crippen LogP contribution in [0.2, 0.25) is 0 Å². The van der Waals surface area contributed by atoms with Gasteiger partial charge in [-0.15, -0.1) is 0 Å². The first-order chi connectivity index (χ1) is 13.8. The minimum absolute atomic E-state index is 0.0779. The Kier molecular flexibility index (Phi) is 7.18. The molecule has 0 aliphatic rings. The molecule has 0 spiro atoms. The molecule has 0 bridgehead atoms. The number of carbonyl (C=O) groups excluding carboxylic acids is 2. The molecule has 29 heavy (non-hydrogen) atoms. The van der Waals surface area contributed by atoms with Crippen molar-refractivity contribution in [2.75, 3.05) is 0 Å². The molecule has 1 unspecified atom stereocenters. The number of esters is 1. The molecule has 0 saturated heterocycles. The minimum atomic E-state index is -0.989. The lowest BCUT2D eigenvalue weighted by molar-refractivity contribution is -0.385. The molecule has 1 atom stereocenters. The zero-order chi connectivity index (χ0) is 21.4. The number of hydrogen-bond donors (Lipinski definition) is 1. The van der Waals surface area contributed by atoms with Gasteiger partial charge in [0.05, 0.1) is 9.85 Å². The summed E-state index contributed by atoms with van der Waals surface area (Å²) < 4.78 is 10.0. The molecule has 0 fully saturated rings. The average Bonchev–Trinajstić information content (AvgIpc) is 2.71. The number of nitro benzene ring substituents is 2. The van der Waals surface area contributed by atoms with Gasteiger partial charge >= 0.3 is 12.1 Å². The lowest BCUT2D eigenvalue weighted by Gasteiger charge is -2.13. The summed E-state index contributed by atoms with van der Waals surface area (Å²) in [6.45, 7) is 1.17. The largest absolute Gasteiger partial charge is 0.459 e. The van der Waals surface area contributed by atoms with E-state index in [1.54, 1.807) is 0 Å². The molecule has 152 valence electrons. The van der Waals surface area contributed by atoms with Crippen molar-refractivity contribution in [2.45, 2.75) is 26.2 Å². The summed E-state index contributed by atoms with van der Waals surface area (Å²) in [4.78, 5) is 43.8. The highest BCUT2D eigenvalue weighted by Gasteiger charge is 2.18. The summed E-state index contributed by atoms with van der Waals surface area (Å²) in [5.41, 5.74) is 0.935. The van der Waals surface area contributed by atoms with Crippen LogP contribution in [0.1, 0.15) is 18.1 Å². The first-order valence-corrected chi connectivity index (χ1v) is 8.33. The van der Waals surface area contributed by atoms with Crippen molar-refractivity contribution in [3.05, 3.63) is 79.9 Å². The smallest absolute Gasteiger partial charge is 0.408 e. The van der Waals surface area contributed by atoms with Gasteiger partial charge in [-0.2, -0.15) is 0 Å². The molecule has 11 nitrogen and oxygen atoms in total. The Hall–Kier alpha value is -4.02.